The van der Waals surface area contributed by atoms with E-state index in [0.29, 0.717) is 45.8 Å². The van der Waals surface area contributed by atoms with Gasteiger partial charge in [0.05, 0.1) is 60.4 Å². The third-order valence-electron chi connectivity index (χ3n) is 22.0. The van der Waals surface area contributed by atoms with Gasteiger partial charge in [-0.25, -0.2) is 9.59 Å². The minimum absolute atomic E-state index is 0.00707. The third-order valence-corrected chi connectivity index (χ3v) is 22.6. The molecule has 4 aromatic rings. The number of cyclic esters (lactones) is 4. The van der Waals surface area contributed by atoms with Gasteiger partial charge in [-0.05, 0) is 122 Å². The molecule has 0 unspecified atom stereocenters. The van der Waals surface area contributed by atoms with Crippen molar-refractivity contribution in [3.8, 4) is 11.5 Å². The van der Waals surface area contributed by atoms with Gasteiger partial charge in [0, 0.05) is 116 Å². The van der Waals surface area contributed by atoms with Crippen molar-refractivity contribution in [1.29, 1.82) is 0 Å². The Kier molecular flexibility index (Phi) is 34.5. The van der Waals surface area contributed by atoms with Crippen LogP contribution in [0, 0.1) is 34.5 Å². The Bertz CT molecular complexity index is 4240. The number of ether oxygens (including phenoxy) is 9. The van der Waals surface area contributed by atoms with E-state index in [0.717, 1.165) is 74.6 Å². The van der Waals surface area contributed by atoms with Crippen molar-refractivity contribution in [1.82, 2.24) is 40.9 Å². The smallest absolute Gasteiger partial charge is 0.347 e. The Balaban J connectivity index is 0.000000271. The van der Waals surface area contributed by atoms with Crippen LogP contribution in [-0.2, 0) is 107 Å². The number of aliphatic carboxylic acids is 1. The number of halogens is 2. The zero-order valence-electron chi connectivity index (χ0n) is 70.4. The number of carbonyl (C=O) groups is 10. The second kappa shape index (κ2) is 43.8. The van der Waals surface area contributed by atoms with Crippen LogP contribution in [0.4, 0.5) is 0 Å². The highest BCUT2D eigenvalue weighted by molar-refractivity contribution is 6.32. The Morgan fingerprint density at radius 3 is 1.26 bits per heavy atom. The number of rotatable bonds is 26. The van der Waals surface area contributed by atoms with Crippen molar-refractivity contribution >= 4 is 82.6 Å². The maximum atomic E-state index is 13.8. The van der Waals surface area contributed by atoms with Crippen molar-refractivity contribution in [2.45, 2.75) is 182 Å². The van der Waals surface area contributed by atoms with E-state index in [2.05, 4.69) is 78.9 Å². The van der Waals surface area contributed by atoms with E-state index in [1.165, 1.54) is 26.4 Å². The molecule has 4 amide bonds. The second-order valence-electron chi connectivity index (χ2n) is 33.7. The quantitative estimate of drug-likeness (QED) is 0.0169. The number of epoxide rings is 2. The van der Waals surface area contributed by atoms with Crippen LogP contribution in [0.2, 0.25) is 10.0 Å². The third kappa shape index (κ3) is 28.4. The molecule has 5 N–H and O–H groups in total. The summed E-state index contributed by atoms with van der Waals surface area (Å²) >= 11 is 12.7. The van der Waals surface area contributed by atoms with E-state index in [9.17, 15) is 47.9 Å². The van der Waals surface area contributed by atoms with Crippen LogP contribution in [0.1, 0.15) is 141 Å². The van der Waals surface area contributed by atoms with Gasteiger partial charge in [0.25, 0.3) is 0 Å². The number of carboxylic acids is 1. The normalized spacial score (nSPS) is 25.7. The van der Waals surface area contributed by atoms with Crippen LogP contribution < -0.4 is 30.7 Å². The standard InChI is InChI=1S/C46H61ClN4O10.C43H57ClN4O10/c1-8-22-58-40(53)27-51-20-18-50(19-21-51)26-31-12-15-33(16-13-31)42-41(61-42)30(4)36-10-9-11-39(52)49-35(25-32-14-17-37(57-7)34(47)24-32)43(54)48-28-46(5,6)45(56)60-38(23-29(2)3)44(55)59-36;1-26(2)20-35-41(53)56-33(27(3)38-39(58-38)30-13-10-28(11-14-30)23-47-16-18-48(19-17-47)24-37(50)51)8-7-9-36(49)46-32(22-29-12-15-34(55-6)31(44)21-29)40(52)45-25-43(4,5)42(54)57-35/h8-9,11-17,24,29-30,35-36,38,41-42H,1,10,18-23,25-28H2,2-7H3,(H,48,54)(H,49,52);7,9-15,21,26-27,32-33,35,38-39H,8,16-20,22-25H2,1-6H3,(H,45,52)(H,46,49)(H,50,51)/b11-9+;9-7+/t30-,35+,36-,38-,41+,42+;27-,32+,33-,35-,38+,39+/m00/s1. The summed E-state index contributed by atoms with van der Waals surface area (Å²) in [6.07, 6.45) is 3.58. The number of nitrogens with zero attached hydrogens (tertiary/aromatic N) is 4. The Labute approximate surface area is 708 Å². The topological polar surface area (TPSA) is 342 Å². The maximum absolute atomic E-state index is 13.8. The predicted octanol–water partition coefficient (Wildman–Crippen LogP) is 9.30. The van der Waals surface area contributed by atoms with Crippen molar-refractivity contribution in [3.63, 3.8) is 0 Å². The van der Waals surface area contributed by atoms with Gasteiger partial charge in [-0.3, -0.25) is 58.0 Å². The Morgan fingerprint density at radius 1 is 0.538 bits per heavy atom. The van der Waals surface area contributed by atoms with E-state index in [1.807, 2.05) is 58.6 Å². The molecular weight excluding hydrogens is 1570 g/mol. The lowest BCUT2D eigenvalue weighted by Gasteiger charge is -2.34. The van der Waals surface area contributed by atoms with Gasteiger partial charge in [0.1, 0.15) is 54.6 Å². The average Bonchev–Trinajstić information content (AvgIpc) is 1.63. The first kappa shape index (κ1) is 93.6. The summed E-state index contributed by atoms with van der Waals surface area (Å²) in [7, 11) is 3.01. The highest BCUT2D eigenvalue weighted by Crippen LogP contribution is 2.47. The molecule has 0 radical (unpaired) electrons. The number of piperazine rings is 2. The van der Waals surface area contributed by atoms with Gasteiger partial charge < -0.3 is 69.0 Å². The van der Waals surface area contributed by atoms with Gasteiger partial charge in [-0.1, -0.05) is 150 Å². The number of esters is 5. The summed E-state index contributed by atoms with van der Waals surface area (Å²) in [6.45, 7) is 29.7. The van der Waals surface area contributed by atoms with Gasteiger partial charge in [0.2, 0.25) is 23.6 Å². The van der Waals surface area contributed by atoms with Crippen molar-refractivity contribution in [2.75, 3.05) is 99.4 Å². The molecule has 0 saturated carbocycles. The van der Waals surface area contributed by atoms with E-state index < -0.39 is 101 Å². The molecule has 648 valence electrons. The maximum Gasteiger partial charge on any atom is 0.347 e. The molecule has 10 rings (SSSR count). The number of carbonyl (C=O) groups excluding carboxylic acids is 9. The van der Waals surface area contributed by atoms with E-state index >= 15 is 0 Å². The minimum atomic E-state index is -1.23. The Morgan fingerprint density at radius 2 is 0.908 bits per heavy atom. The molecule has 6 aliphatic heterocycles. The number of methoxy groups -OCH3 is 2. The summed E-state index contributed by atoms with van der Waals surface area (Å²) in [6, 6.07) is 24.7. The van der Waals surface area contributed by atoms with Crippen LogP contribution >= 0.6 is 23.2 Å². The average molecular weight is 1690 g/mol. The molecule has 28 nitrogen and oxygen atoms in total. The van der Waals surface area contributed by atoms with Gasteiger partial charge in [0.15, 0.2) is 12.2 Å². The van der Waals surface area contributed by atoms with Gasteiger partial charge in [-0.2, -0.15) is 0 Å². The van der Waals surface area contributed by atoms with Crippen LogP contribution in [0.3, 0.4) is 0 Å². The first-order valence-electron chi connectivity index (χ1n) is 40.9. The summed E-state index contributed by atoms with van der Waals surface area (Å²) in [5.74, 6) is -5.53. The minimum Gasteiger partial charge on any atom is -0.495 e. The lowest BCUT2D eigenvalue weighted by Crippen LogP contribution is -2.51. The molecule has 6 heterocycles. The van der Waals surface area contributed by atoms with Crippen molar-refractivity contribution < 1.29 is 95.7 Å². The molecule has 4 fully saturated rings. The molecular formula is C89H118Cl2N8O20. The van der Waals surface area contributed by atoms with E-state index in [4.69, 9.17) is 70.9 Å². The fraction of sp³-hybridized carbons (Fsp3) is 0.551. The van der Waals surface area contributed by atoms with E-state index in [-0.39, 0.29) is 125 Å². The fourth-order valence-corrected chi connectivity index (χ4v) is 15.1. The molecule has 119 heavy (non-hydrogen) atoms. The zero-order valence-corrected chi connectivity index (χ0v) is 71.9. The first-order valence-corrected chi connectivity index (χ1v) is 41.7. The van der Waals surface area contributed by atoms with Crippen LogP contribution in [-0.4, -0.2) is 232 Å². The SMILES string of the molecule is C=CCOC(=O)CN1CCN(Cc2ccc([C@H]3O[C@@H]3[C@@H](C)[C@@H]3C/C=C/C(=O)N[C@H](Cc4ccc(OC)c(Cl)c4)C(=O)NCC(C)(C)C(=O)O[C@@H](CC(C)C)C(=O)O3)cc2)CC1.COc1ccc(C[C@H]2NC(=O)/C=C/C[C@@H]([C@H](C)[C@H]3O[C@@H]3c3ccc(CN4CCN(CC(=O)O)CC4)cc3)OC(=O)[C@H](CC(C)C)OC(=O)C(C)(C)CNC2=O)cc1Cl. The molecule has 0 aromatic heterocycles. The molecule has 0 bridgehead atoms. The number of nitrogens with one attached hydrogen (secondary N) is 4. The van der Waals surface area contributed by atoms with Crippen molar-refractivity contribution in [3.05, 3.63) is 165 Å². The van der Waals surface area contributed by atoms with E-state index in [1.54, 1.807) is 82.3 Å². The molecule has 12 atom stereocenters. The summed E-state index contributed by atoms with van der Waals surface area (Å²) in [4.78, 5) is 140. The van der Waals surface area contributed by atoms with Crippen LogP contribution in [0.15, 0.2) is 122 Å². The zero-order chi connectivity index (χ0) is 86.4. The number of hydrogen-bond acceptors (Lipinski definition) is 23. The number of carboxylic acid groups (broad SMARTS) is 1. The second-order valence-corrected chi connectivity index (χ2v) is 34.5. The number of amides is 4. The molecule has 6 aliphatic rings. The lowest BCUT2D eigenvalue weighted by atomic mass is 9.92. The molecule has 0 aliphatic carbocycles. The molecule has 4 aromatic carbocycles. The summed E-state index contributed by atoms with van der Waals surface area (Å²) in [5.41, 5.74) is 3.18. The molecule has 0 spiro atoms. The molecule has 4 saturated heterocycles. The largest absolute Gasteiger partial charge is 0.495 e. The van der Waals surface area contributed by atoms with Crippen LogP contribution in [0.25, 0.3) is 0 Å². The highest BCUT2D eigenvalue weighted by Gasteiger charge is 2.50. The number of hydrogen-bond donors (Lipinski definition) is 5. The Hall–Kier alpha value is -9.26. The summed E-state index contributed by atoms with van der Waals surface area (Å²) in [5, 5.41) is 20.9. The van der Waals surface area contributed by atoms with Gasteiger partial charge in [-0.15, -0.1) is 0 Å². The highest BCUT2D eigenvalue weighted by atomic mass is 35.5. The fourth-order valence-electron chi connectivity index (χ4n) is 14.6. The predicted molar refractivity (Wildman–Crippen MR) is 445 cm³/mol. The molecule has 30 heteroatoms. The van der Waals surface area contributed by atoms with Crippen LogP contribution in [0.5, 0.6) is 11.5 Å². The number of benzene rings is 4. The van der Waals surface area contributed by atoms with Crippen molar-refractivity contribution in [2.24, 2.45) is 34.5 Å². The van der Waals surface area contributed by atoms with Gasteiger partial charge >= 0.3 is 35.8 Å². The lowest BCUT2D eigenvalue weighted by molar-refractivity contribution is -0.179. The monoisotopic (exact) mass is 1690 g/mol. The summed E-state index contributed by atoms with van der Waals surface area (Å²) < 4.78 is 52.0. The first-order chi connectivity index (χ1) is 56.6.